The average molecular weight is 444 g/mol. The number of hydrogen-bond acceptors (Lipinski definition) is 3. The Balaban J connectivity index is 1.70. The zero-order valence-corrected chi connectivity index (χ0v) is 15.7. The summed E-state index contributed by atoms with van der Waals surface area (Å²) in [5.74, 6) is 0.150. The van der Waals surface area contributed by atoms with E-state index < -0.39 is 0 Å². The summed E-state index contributed by atoms with van der Waals surface area (Å²) in [7, 11) is 0. The maximum Gasteiger partial charge on any atom is 0.342 e. The van der Waals surface area contributed by atoms with Gasteiger partial charge in [0, 0.05) is 3.57 Å². The van der Waals surface area contributed by atoms with Gasteiger partial charge in [-0.3, -0.25) is 0 Å². The van der Waals surface area contributed by atoms with E-state index >= 15 is 0 Å². The lowest BCUT2D eigenvalue weighted by molar-refractivity contribution is 0.0467. The molecule has 4 heteroatoms. The molecule has 0 aromatic heterocycles. The van der Waals surface area contributed by atoms with Crippen molar-refractivity contribution in [2.45, 2.75) is 13.2 Å². The second kappa shape index (κ2) is 8.67. The maximum absolute atomic E-state index is 12.5. The van der Waals surface area contributed by atoms with Crippen LogP contribution in [0.2, 0.25) is 0 Å². The van der Waals surface area contributed by atoms with E-state index in [4.69, 9.17) is 9.47 Å². The molecule has 0 atom stereocenters. The Morgan fingerprint density at radius 1 is 0.800 bits per heavy atom. The van der Waals surface area contributed by atoms with E-state index in [0.29, 0.717) is 17.9 Å². The molecule has 0 unspecified atom stereocenters. The molecule has 0 aliphatic rings. The van der Waals surface area contributed by atoms with Crippen molar-refractivity contribution >= 4 is 28.6 Å². The molecule has 3 aromatic rings. The van der Waals surface area contributed by atoms with Gasteiger partial charge in [0.2, 0.25) is 0 Å². The summed E-state index contributed by atoms with van der Waals surface area (Å²) in [4.78, 5) is 12.5. The number of ether oxygens (including phenoxy) is 2. The molecule has 0 amide bonds. The summed E-state index contributed by atoms with van der Waals surface area (Å²) >= 11 is 2.20. The van der Waals surface area contributed by atoms with Gasteiger partial charge in [0.25, 0.3) is 0 Å². The van der Waals surface area contributed by atoms with Gasteiger partial charge in [0.05, 0.1) is 0 Å². The highest BCUT2D eigenvalue weighted by atomic mass is 127. The van der Waals surface area contributed by atoms with Crippen molar-refractivity contribution in [3.63, 3.8) is 0 Å². The minimum Gasteiger partial charge on any atom is -0.488 e. The Morgan fingerprint density at radius 2 is 1.40 bits per heavy atom. The molecule has 3 aromatic carbocycles. The normalized spacial score (nSPS) is 10.3. The number of halogens is 1. The van der Waals surface area contributed by atoms with Gasteiger partial charge in [-0.2, -0.15) is 0 Å². The first-order valence-electron chi connectivity index (χ1n) is 7.90. The minimum atomic E-state index is -0.386. The third-order valence-electron chi connectivity index (χ3n) is 3.61. The summed E-state index contributed by atoms with van der Waals surface area (Å²) < 4.78 is 12.3. The highest BCUT2D eigenvalue weighted by Crippen LogP contribution is 2.24. The van der Waals surface area contributed by atoms with Gasteiger partial charge in [-0.05, 0) is 51.9 Å². The largest absolute Gasteiger partial charge is 0.488 e. The van der Waals surface area contributed by atoms with Crippen LogP contribution in [-0.2, 0) is 18.0 Å². The van der Waals surface area contributed by atoms with E-state index in [1.54, 1.807) is 6.07 Å². The molecular weight excluding hydrogens is 427 g/mol. The number of rotatable bonds is 6. The molecule has 3 rings (SSSR count). The van der Waals surface area contributed by atoms with Crippen LogP contribution < -0.4 is 4.74 Å². The van der Waals surface area contributed by atoms with Crippen LogP contribution in [0, 0.1) is 3.57 Å². The Morgan fingerprint density at radius 3 is 2.04 bits per heavy atom. The van der Waals surface area contributed by atoms with Crippen LogP contribution in [0.15, 0.2) is 78.9 Å². The lowest BCUT2D eigenvalue weighted by Gasteiger charge is -2.12. The van der Waals surface area contributed by atoms with Crippen molar-refractivity contribution in [1.29, 1.82) is 0 Å². The molecule has 126 valence electrons. The van der Waals surface area contributed by atoms with Gasteiger partial charge in [0.1, 0.15) is 24.5 Å². The summed E-state index contributed by atoms with van der Waals surface area (Å²) in [6.07, 6.45) is 0. The number of esters is 1. The maximum atomic E-state index is 12.5. The Bertz CT molecular complexity index is 832. The van der Waals surface area contributed by atoms with E-state index in [1.165, 1.54) is 0 Å². The van der Waals surface area contributed by atoms with Crippen molar-refractivity contribution in [3.05, 3.63) is 99.1 Å². The molecule has 0 fully saturated rings. The fourth-order valence-electron chi connectivity index (χ4n) is 2.32. The van der Waals surface area contributed by atoms with Crippen molar-refractivity contribution in [1.82, 2.24) is 0 Å². The highest BCUT2D eigenvalue weighted by molar-refractivity contribution is 14.1. The fraction of sp³-hybridized carbons (Fsp3) is 0.0952. The molecule has 3 nitrogen and oxygen atoms in total. The average Bonchev–Trinajstić information content (AvgIpc) is 2.66. The van der Waals surface area contributed by atoms with Crippen molar-refractivity contribution in [2.75, 3.05) is 0 Å². The summed E-state index contributed by atoms with van der Waals surface area (Å²) in [6, 6.07) is 24.9. The predicted molar refractivity (Wildman–Crippen MR) is 105 cm³/mol. The number of benzene rings is 3. The van der Waals surface area contributed by atoms with Crippen LogP contribution in [0.1, 0.15) is 21.5 Å². The lowest BCUT2D eigenvalue weighted by Crippen LogP contribution is -2.08. The SMILES string of the molecule is O=C(OCc1ccccc1)c1ccc(I)cc1OCc1ccccc1. The van der Waals surface area contributed by atoms with Crippen LogP contribution >= 0.6 is 22.6 Å². The third-order valence-corrected chi connectivity index (χ3v) is 4.28. The molecule has 0 spiro atoms. The van der Waals surface area contributed by atoms with Crippen LogP contribution in [0.3, 0.4) is 0 Å². The molecule has 0 bridgehead atoms. The first-order chi connectivity index (χ1) is 12.2. The first-order valence-corrected chi connectivity index (χ1v) is 8.97. The van der Waals surface area contributed by atoms with Crippen LogP contribution in [0.4, 0.5) is 0 Å². The molecular formula is C21H17IO3. The van der Waals surface area contributed by atoms with Crippen LogP contribution in [0.5, 0.6) is 5.75 Å². The van der Waals surface area contributed by atoms with E-state index in [1.807, 2.05) is 72.8 Å². The van der Waals surface area contributed by atoms with Crippen LogP contribution in [0.25, 0.3) is 0 Å². The molecule has 0 aliphatic heterocycles. The third kappa shape index (κ3) is 5.06. The van der Waals surface area contributed by atoms with Gasteiger partial charge in [0.15, 0.2) is 0 Å². The van der Waals surface area contributed by atoms with Crippen molar-refractivity contribution < 1.29 is 14.3 Å². The van der Waals surface area contributed by atoms with Crippen molar-refractivity contribution in [3.8, 4) is 5.75 Å². The summed E-state index contributed by atoms with van der Waals surface area (Å²) in [6.45, 7) is 0.643. The smallest absolute Gasteiger partial charge is 0.342 e. The fourth-order valence-corrected chi connectivity index (χ4v) is 2.78. The summed E-state index contributed by atoms with van der Waals surface area (Å²) in [5.41, 5.74) is 2.44. The van der Waals surface area contributed by atoms with Crippen LogP contribution in [-0.4, -0.2) is 5.97 Å². The predicted octanol–water partition coefficient (Wildman–Crippen LogP) is 5.23. The topological polar surface area (TPSA) is 35.5 Å². The molecule has 0 saturated heterocycles. The zero-order valence-electron chi connectivity index (χ0n) is 13.5. The van der Waals surface area contributed by atoms with E-state index in [9.17, 15) is 4.79 Å². The Hall–Kier alpha value is -2.34. The van der Waals surface area contributed by atoms with Gasteiger partial charge in [-0.1, -0.05) is 60.7 Å². The van der Waals surface area contributed by atoms with E-state index in [-0.39, 0.29) is 12.6 Å². The molecule has 25 heavy (non-hydrogen) atoms. The first kappa shape index (κ1) is 17.5. The van der Waals surface area contributed by atoms with E-state index in [0.717, 1.165) is 14.7 Å². The van der Waals surface area contributed by atoms with Gasteiger partial charge in [-0.25, -0.2) is 4.79 Å². The molecule has 0 radical (unpaired) electrons. The minimum absolute atomic E-state index is 0.240. The molecule has 0 saturated carbocycles. The second-order valence-corrected chi connectivity index (χ2v) is 6.72. The molecule has 0 heterocycles. The molecule has 0 aliphatic carbocycles. The highest BCUT2D eigenvalue weighted by Gasteiger charge is 2.15. The number of carbonyl (C=O) groups is 1. The van der Waals surface area contributed by atoms with Gasteiger partial charge in [-0.15, -0.1) is 0 Å². The lowest BCUT2D eigenvalue weighted by atomic mass is 10.2. The quantitative estimate of drug-likeness (QED) is 0.386. The van der Waals surface area contributed by atoms with E-state index in [2.05, 4.69) is 22.6 Å². The number of carbonyl (C=O) groups excluding carboxylic acids is 1. The van der Waals surface area contributed by atoms with Crippen molar-refractivity contribution in [2.24, 2.45) is 0 Å². The zero-order chi connectivity index (χ0) is 17.5. The summed E-state index contributed by atoms with van der Waals surface area (Å²) in [5, 5.41) is 0. The second-order valence-electron chi connectivity index (χ2n) is 5.48. The Kier molecular flexibility index (Phi) is 6.06. The Labute approximate surface area is 160 Å². The monoisotopic (exact) mass is 444 g/mol. The van der Waals surface area contributed by atoms with Gasteiger partial charge < -0.3 is 9.47 Å². The van der Waals surface area contributed by atoms with Gasteiger partial charge >= 0.3 is 5.97 Å². The molecule has 0 N–H and O–H groups in total. The standard InChI is InChI=1S/C21H17IO3/c22-18-11-12-19(21(23)25-15-17-9-5-2-6-10-17)20(13-18)24-14-16-7-3-1-4-8-16/h1-13H,14-15H2. The number of hydrogen-bond donors (Lipinski definition) is 0.